The van der Waals surface area contributed by atoms with Crippen LogP contribution in [0.3, 0.4) is 0 Å². The van der Waals surface area contributed by atoms with Gasteiger partial charge in [-0.05, 0) is 26.7 Å². The van der Waals surface area contributed by atoms with E-state index in [4.69, 9.17) is 4.74 Å². The first-order valence-corrected chi connectivity index (χ1v) is 7.88. The summed E-state index contributed by atoms with van der Waals surface area (Å²) >= 11 is 0. The van der Waals surface area contributed by atoms with Gasteiger partial charge in [-0.15, -0.1) is 0 Å². The summed E-state index contributed by atoms with van der Waals surface area (Å²) < 4.78 is 77.0. The van der Waals surface area contributed by atoms with Gasteiger partial charge in [0.2, 0.25) is 0 Å². The van der Waals surface area contributed by atoms with E-state index in [-0.39, 0.29) is 0 Å². The number of halogens is 3. The molecule has 0 fully saturated rings. The van der Waals surface area contributed by atoms with Crippen molar-refractivity contribution >= 4 is 10.1 Å². The van der Waals surface area contributed by atoms with Gasteiger partial charge in [-0.25, -0.2) is 12.8 Å². The highest BCUT2D eigenvalue weighted by molar-refractivity contribution is 7.86. The molecule has 0 saturated heterocycles. The molecular weight excluding hydrogens is 297 g/mol. The molecule has 0 aromatic carbocycles. The lowest BCUT2D eigenvalue weighted by Crippen LogP contribution is -2.47. The molecule has 0 N–H and O–H groups in total. The lowest BCUT2D eigenvalue weighted by Gasteiger charge is -2.36. The predicted molar refractivity (Wildman–Crippen MR) is 68.2 cm³/mol. The maximum atomic E-state index is 13.7. The van der Waals surface area contributed by atoms with Crippen LogP contribution in [0.2, 0.25) is 0 Å². The molecule has 0 aliphatic rings. The van der Waals surface area contributed by atoms with E-state index in [0.29, 0.717) is 12.8 Å². The SMILES string of the molecule is CCC(C)(CC)OC(C)C(C)C(F)C(F)(F)S(=O)(=O)[O-]. The monoisotopic (exact) mass is 319 g/mol. The lowest BCUT2D eigenvalue weighted by atomic mass is 9.96. The quantitative estimate of drug-likeness (QED) is 0.645. The highest BCUT2D eigenvalue weighted by Gasteiger charge is 2.51. The first-order valence-electron chi connectivity index (χ1n) is 6.47. The molecule has 0 saturated carbocycles. The average Bonchev–Trinajstić information content (AvgIpc) is 2.35. The minimum absolute atomic E-state index is 0.591. The Morgan fingerprint density at radius 2 is 1.60 bits per heavy atom. The van der Waals surface area contributed by atoms with Crippen LogP contribution in [0.15, 0.2) is 0 Å². The highest BCUT2D eigenvalue weighted by Crippen LogP contribution is 2.35. The van der Waals surface area contributed by atoms with Crippen LogP contribution in [0.1, 0.15) is 47.5 Å². The average molecular weight is 319 g/mol. The summed E-state index contributed by atoms with van der Waals surface area (Å²) in [5.74, 6) is -1.44. The standard InChI is InChI=1S/C12H23F3O4S/c1-6-11(5,7-2)19-9(4)8(3)10(13)12(14,15)20(16,17)18/h8-10H,6-7H2,1-5H3,(H,16,17,18)/p-1. The molecule has 0 rings (SSSR count). The predicted octanol–water partition coefficient (Wildman–Crippen LogP) is 3.08. The van der Waals surface area contributed by atoms with E-state index >= 15 is 0 Å². The van der Waals surface area contributed by atoms with Gasteiger partial charge in [0, 0.05) is 5.92 Å². The molecule has 0 radical (unpaired) electrons. The minimum atomic E-state index is -6.05. The third kappa shape index (κ3) is 4.33. The van der Waals surface area contributed by atoms with Gasteiger partial charge in [0.25, 0.3) is 0 Å². The van der Waals surface area contributed by atoms with Gasteiger partial charge < -0.3 is 9.29 Å². The molecule has 0 amide bonds. The first-order chi connectivity index (χ1) is 8.82. The van der Waals surface area contributed by atoms with Crippen LogP contribution in [0.5, 0.6) is 0 Å². The number of rotatable bonds is 8. The third-order valence-corrected chi connectivity index (χ3v) is 4.71. The van der Waals surface area contributed by atoms with Gasteiger partial charge in [0.1, 0.15) is 0 Å². The molecule has 0 heterocycles. The Morgan fingerprint density at radius 3 is 1.90 bits per heavy atom. The van der Waals surface area contributed by atoms with Crippen molar-refractivity contribution in [3.8, 4) is 0 Å². The largest absolute Gasteiger partial charge is 0.743 e. The minimum Gasteiger partial charge on any atom is -0.743 e. The topological polar surface area (TPSA) is 66.4 Å². The summed E-state index contributed by atoms with van der Waals surface area (Å²) in [5, 5.41) is -4.96. The van der Waals surface area contributed by atoms with Crippen molar-refractivity contribution in [1.29, 1.82) is 0 Å². The van der Waals surface area contributed by atoms with Crippen LogP contribution in [0.4, 0.5) is 13.2 Å². The van der Waals surface area contributed by atoms with Crippen LogP contribution >= 0.6 is 0 Å². The van der Waals surface area contributed by atoms with Gasteiger partial charge in [-0.3, -0.25) is 0 Å². The Balaban J connectivity index is 5.04. The van der Waals surface area contributed by atoms with Crippen molar-refractivity contribution in [3.05, 3.63) is 0 Å². The van der Waals surface area contributed by atoms with Gasteiger partial charge in [-0.2, -0.15) is 8.78 Å². The zero-order chi connectivity index (χ0) is 16.4. The van der Waals surface area contributed by atoms with E-state index in [0.717, 1.165) is 6.92 Å². The number of ether oxygens (including phenoxy) is 1. The van der Waals surface area contributed by atoms with Crippen molar-refractivity contribution < 1.29 is 30.9 Å². The molecule has 0 aromatic heterocycles. The Hall–Kier alpha value is -0.340. The lowest BCUT2D eigenvalue weighted by molar-refractivity contribution is -0.129. The molecule has 4 nitrogen and oxygen atoms in total. The van der Waals surface area contributed by atoms with Crippen LogP contribution in [0.25, 0.3) is 0 Å². The maximum absolute atomic E-state index is 13.7. The van der Waals surface area contributed by atoms with Crippen LogP contribution in [-0.4, -0.2) is 36.1 Å². The van der Waals surface area contributed by atoms with Crippen LogP contribution < -0.4 is 0 Å². The van der Waals surface area contributed by atoms with E-state index < -0.39 is 39.2 Å². The molecule has 0 aliphatic carbocycles. The van der Waals surface area contributed by atoms with Crippen LogP contribution in [0, 0.1) is 5.92 Å². The van der Waals surface area contributed by atoms with Crippen LogP contribution in [-0.2, 0) is 14.9 Å². The summed E-state index contributed by atoms with van der Waals surface area (Å²) in [6, 6.07) is 0. The number of hydrogen-bond donors (Lipinski definition) is 0. The second-order valence-electron chi connectivity index (χ2n) is 5.26. The molecule has 0 spiro atoms. The van der Waals surface area contributed by atoms with Crippen molar-refractivity contribution in [1.82, 2.24) is 0 Å². The first kappa shape index (κ1) is 19.7. The second kappa shape index (κ2) is 6.62. The van der Waals surface area contributed by atoms with E-state index in [2.05, 4.69) is 0 Å². The normalized spacial score (nSPS) is 18.6. The van der Waals surface area contributed by atoms with E-state index in [9.17, 15) is 26.1 Å². The van der Waals surface area contributed by atoms with Gasteiger partial charge in [-0.1, -0.05) is 20.8 Å². The van der Waals surface area contributed by atoms with Gasteiger partial charge >= 0.3 is 5.25 Å². The Bertz CT molecular complexity index is 407. The Morgan fingerprint density at radius 1 is 1.20 bits per heavy atom. The van der Waals surface area contributed by atoms with Crippen molar-refractivity contribution in [2.24, 2.45) is 5.92 Å². The van der Waals surface area contributed by atoms with Gasteiger partial charge in [0.15, 0.2) is 16.3 Å². The summed E-state index contributed by atoms with van der Waals surface area (Å²) in [5.41, 5.74) is -0.612. The van der Waals surface area contributed by atoms with Crippen molar-refractivity contribution in [2.75, 3.05) is 0 Å². The summed E-state index contributed by atoms with van der Waals surface area (Å²) in [6.07, 6.45) is -2.89. The number of alkyl halides is 3. The molecule has 8 heteroatoms. The molecule has 3 atom stereocenters. The fourth-order valence-electron chi connectivity index (χ4n) is 1.65. The molecule has 0 aromatic rings. The highest BCUT2D eigenvalue weighted by atomic mass is 32.2. The van der Waals surface area contributed by atoms with Crippen molar-refractivity contribution in [3.63, 3.8) is 0 Å². The zero-order valence-corrected chi connectivity index (χ0v) is 13.1. The zero-order valence-electron chi connectivity index (χ0n) is 12.3. The van der Waals surface area contributed by atoms with E-state index in [1.807, 2.05) is 13.8 Å². The number of hydrogen-bond acceptors (Lipinski definition) is 4. The second-order valence-corrected chi connectivity index (χ2v) is 6.71. The van der Waals surface area contributed by atoms with Crippen molar-refractivity contribution in [2.45, 2.75) is 70.6 Å². The smallest absolute Gasteiger partial charge is 0.365 e. The summed E-state index contributed by atoms with van der Waals surface area (Å²) in [7, 11) is -6.05. The molecule has 0 aliphatic heterocycles. The Labute approximate surface area is 118 Å². The summed E-state index contributed by atoms with van der Waals surface area (Å²) in [6.45, 7) is 7.91. The Kier molecular flexibility index (Phi) is 6.50. The summed E-state index contributed by atoms with van der Waals surface area (Å²) in [4.78, 5) is 0. The molecule has 0 bridgehead atoms. The maximum Gasteiger partial charge on any atom is 0.365 e. The fraction of sp³-hybridized carbons (Fsp3) is 1.00. The molecule has 122 valence electrons. The fourth-order valence-corrected chi connectivity index (χ4v) is 2.15. The van der Waals surface area contributed by atoms with Gasteiger partial charge in [0.05, 0.1) is 11.7 Å². The van der Waals surface area contributed by atoms with E-state index in [1.165, 1.54) is 6.92 Å². The molecule has 20 heavy (non-hydrogen) atoms. The third-order valence-electron chi connectivity index (χ3n) is 3.82. The molecule has 3 unspecified atom stereocenters. The molecular formula is C12H22F3O4S-. The van der Waals surface area contributed by atoms with E-state index in [1.54, 1.807) is 6.92 Å².